The minimum absolute atomic E-state index is 0.719. The molecule has 4 heterocycles. The Morgan fingerprint density at radius 1 is 0.348 bits per heavy atom. The van der Waals surface area contributed by atoms with E-state index in [0.29, 0.717) is 0 Å². The fourth-order valence-electron chi connectivity index (χ4n) is 7.19. The molecular formula is C31H72N14O. The third-order valence-electron chi connectivity index (χ3n) is 8.55. The van der Waals surface area contributed by atoms with Crippen molar-refractivity contribution < 1.29 is 4.79 Å². The van der Waals surface area contributed by atoms with Gasteiger partial charge in [-0.1, -0.05) is 0 Å². The average molecular weight is 657 g/mol. The summed E-state index contributed by atoms with van der Waals surface area (Å²) in [6.45, 7) is 23.6. The summed E-state index contributed by atoms with van der Waals surface area (Å²) >= 11 is 0. The van der Waals surface area contributed by atoms with Gasteiger partial charge in [-0.3, -0.25) is 58.8 Å². The Morgan fingerprint density at radius 3 is 0.717 bits per heavy atom. The van der Waals surface area contributed by atoms with E-state index in [4.69, 9.17) is 16.3 Å². The van der Waals surface area contributed by atoms with Gasteiger partial charge >= 0.3 is 0 Å². The molecule has 4 aliphatic rings. The highest BCUT2D eigenvalue weighted by Gasteiger charge is 2.25. The van der Waals surface area contributed by atoms with Gasteiger partial charge in [-0.2, -0.15) is 0 Å². The Bertz CT molecular complexity index is 642. The Balaban J connectivity index is 0.000000959. The molecular weight excluding hydrogens is 584 g/mol. The summed E-state index contributed by atoms with van der Waals surface area (Å²) in [5.41, 5.74) is 10.1. The van der Waals surface area contributed by atoms with E-state index in [1.165, 1.54) is 58.5 Å². The molecule has 0 spiro atoms. The van der Waals surface area contributed by atoms with Gasteiger partial charge in [-0.25, -0.2) is 0 Å². The fourth-order valence-corrected chi connectivity index (χ4v) is 7.19. The van der Waals surface area contributed by atoms with Crippen LogP contribution in [0.3, 0.4) is 0 Å². The Morgan fingerprint density at radius 2 is 0.543 bits per heavy atom. The predicted octanol–water partition coefficient (Wildman–Crippen LogP) is -1.79. The van der Waals surface area contributed by atoms with Gasteiger partial charge in [0.2, 0.25) is 0 Å². The number of hydrogen-bond donors (Lipinski definition) is 2. The number of rotatable bonds is 14. The van der Waals surface area contributed by atoms with Gasteiger partial charge in [0.25, 0.3) is 0 Å². The standard InChI is InChI=1S/C27H60N12.C3H10N2.CH2O/c1-28-16-29(2)20-34(19-28)10-7-13-37-25-38(14-8-11-35-21-30(3)17-31(4)22-35)27-39(26-37)15-9-12-36-23-32(5)18-33(6)24-36;4-2-1-3-5;1-2/h7-27H2,1-6H3;1-5H2;1H2. The normalized spacial score (nSPS) is 24.1. The fraction of sp³-hybridized carbons (Fsp3) is 0.968. The molecule has 0 aromatic heterocycles. The Hall–Kier alpha value is -0.890. The number of nitrogens with zero attached hydrogens (tertiary/aromatic N) is 12. The predicted molar refractivity (Wildman–Crippen MR) is 189 cm³/mol. The maximum Gasteiger partial charge on any atom is 0.106 e. The molecule has 272 valence electrons. The van der Waals surface area contributed by atoms with Crippen LogP contribution in [0.4, 0.5) is 0 Å². The summed E-state index contributed by atoms with van der Waals surface area (Å²) in [6, 6.07) is 0. The van der Waals surface area contributed by atoms with Crippen molar-refractivity contribution in [2.45, 2.75) is 25.7 Å². The van der Waals surface area contributed by atoms with Crippen molar-refractivity contribution >= 4 is 6.79 Å². The smallest absolute Gasteiger partial charge is 0.106 e. The largest absolute Gasteiger partial charge is 0.330 e. The first-order valence-corrected chi connectivity index (χ1v) is 17.3. The van der Waals surface area contributed by atoms with Gasteiger partial charge in [0.05, 0.1) is 80.0 Å². The zero-order valence-corrected chi connectivity index (χ0v) is 30.6. The summed E-state index contributed by atoms with van der Waals surface area (Å²) in [7, 11) is 13.4. The second-order valence-electron chi connectivity index (χ2n) is 14.2. The van der Waals surface area contributed by atoms with Crippen LogP contribution in [0, 0.1) is 0 Å². The summed E-state index contributed by atoms with van der Waals surface area (Å²) in [6.07, 6.45) is 4.66. The van der Waals surface area contributed by atoms with Crippen LogP contribution in [0.2, 0.25) is 0 Å². The van der Waals surface area contributed by atoms with E-state index in [2.05, 4.69) is 101 Å². The van der Waals surface area contributed by atoms with Gasteiger partial charge in [0.1, 0.15) is 6.79 Å². The molecule has 0 bridgehead atoms. The van der Waals surface area contributed by atoms with Crippen molar-refractivity contribution in [1.29, 1.82) is 0 Å². The zero-order chi connectivity index (χ0) is 33.9. The number of carbonyl (C=O) groups excluding carboxylic acids is 1. The third kappa shape index (κ3) is 17.0. The van der Waals surface area contributed by atoms with Crippen molar-refractivity contribution in [3.63, 3.8) is 0 Å². The molecule has 0 saturated carbocycles. The van der Waals surface area contributed by atoms with Crippen molar-refractivity contribution in [1.82, 2.24) is 58.8 Å². The molecule has 46 heavy (non-hydrogen) atoms. The maximum absolute atomic E-state index is 8.00. The van der Waals surface area contributed by atoms with E-state index in [0.717, 1.165) is 99.5 Å². The van der Waals surface area contributed by atoms with Crippen molar-refractivity contribution in [2.75, 3.05) is 175 Å². The quantitative estimate of drug-likeness (QED) is 0.220. The molecule has 4 saturated heterocycles. The van der Waals surface area contributed by atoms with E-state index in [1.807, 2.05) is 6.79 Å². The Kier molecular flexibility index (Phi) is 21.1. The molecule has 4 fully saturated rings. The molecule has 0 radical (unpaired) electrons. The zero-order valence-electron chi connectivity index (χ0n) is 30.6. The van der Waals surface area contributed by atoms with E-state index in [9.17, 15) is 0 Å². The average Bonchev–Trinajstić information content (AvgIpc) is 2.98. The molecule has 0 amide bonds. The SMILES string of the molecule is C=O.CN1CN(C)CN(CCCN2CN(CCCN3CN(C)CN(C)C3)CN(CCCN3CN(C)CN(C)C3)C2)C1.NCCCN. The lowest BCUT2D eigenvalue weighted by Crippen LogP contribution is -2.57. The molecule has 0 aliphatic carbocycles. The highest BCUT2D eigenvalue weighted by molar-refractivity contribution is 5.11. The molecule has 0 atom stereocenters. The summed E-state index contributed by atoms with van der Waals surface area (Å²) in [5, 5.41) is 0. The van der Waals surface area contributed by atoms with Crippen LogP contribution in [-0.2, 0) is 4.79 Å². The lowest BCUT2D eigenvalue weighted by atomic mass is 10.3. The molecule has 4 rings (SSSR count). The number of carbonyl (C=O) groups is 1. The van der Waals surface area contributed by atoms with Gasteiger partial charge < -0.3 is 16.3 Å². The summed E-state index contributed by atoms with van der Waals surface area (Å²) in [4.78, 5) is 38.3. The van der Waals surface area contributed by atoms with Crippen LogP contribution in [0.25, 0.3) is 0 Å². The van der Waals surface area contributed by atoms with Gasteiger partial charge in [0, 0.05) is 39.3 Å². The second-order valence-corrected chi connectivity index (χ2v) is 14.2. The third-order valence-corrected chi connectivity index (χ3v) is 8.55. The Labute approximate surface area is 282 Å². The van der Waals surface area contributed by atoms with E-state index >= 15 is 0 Å². The van der Waals surface area contributed by atoms with E-state index in [1.54, 1.807) is 0 Å². The second kappa shape index (κ2) is 23.5. The van der Waals surface area contributed by atoms with Crippen LogP contribution in [0.1, 0.15) is 25.7 Å². The monoisotopic (exact) mass is 657 g/mol. The van der Waals surface area contributed by atoms with Crippen LogP contribution >= 0.6 is 0 Å². The number of hydrogen-bond acceptors (Lipinski definition) is 15. The summed E-state index contributed by atoms with van der Waals surface area (Å²) in [5.74, 6) is 0. The first kappa shape index (κ1) is 41.3. The molecule has 0 unspecified atom stereocenters. The van der Waals surface area contributed by atoms with Crippen molar-refractivity contribution in [2.24, 2.45) is 11.5 Å². The molecule has 4 N–H and O–H groups in total. The van der Waals surface area contributed by atoms with Crippen molar-refractivity contribution in [3.05, 3.63) is 0 Å². The highest BCUT2D eigenvalue weighted by atomic mass is 16.1. The topological polar surface area (TPSA) is 108 Å². The molecule has 15 heteroatoms. The highest BCUT2D eigenvalue weighted by Crippen LogP contribution is 2.13. The van der Waals surface area contributed by atoms with Crippen LogP contribution < -0.4 is 11.5 Å². The maximum atomic E-state index is 8.00. The lowest BCUT2D eigenvalue weighted by Gasteiger charge is -2.44. The van der Waals surface area contributed by atoms with Crippen LogP contribution in [-0.4, -0.2) is 240 Å². The van der Waals surface area contributed by atoms with Gasteiger partial charge in [0.15, 0.2) is 0 Å². The first-order valence-electron chi connectivity index (χ1n) is 17.3. The lowest BCUT2D eigenvalue weighted by molar-refractivity contribution is -0.0980. The molecule has 0 aromatic rings. The molecule has 0 aromatic carbocycles. The van der Waals surface area contributed by atoms with Crippen molar-refractivity contribution in [3.8, 4) is 0 Å². The minimum Gasteiger partial charge on any atom is -0.330 e. The van der Waals surface area contributed by atoms with Gasteiger partial charge in [-0.15, -0.1) is 0 Å². The molecule has 4 aliphatic heterocycles. The van der Waals surface area contributed by atoms with Crippen LogP contribution in [0.15, 0.2) is 0 Å². The summed E-state index contributed by atoms with van der Waals surface area (Å²) < 4.78 is 0. The van der Waals surface area contributed by atoms with Gasteiger partial charge in [-0.05, 0) is 81.1 Å². The van der Waals surface area contributed by atoms with E-state index < -0.39 is 0 Å². The van der Waals surface area contributed by atoms with E-state index in [-0.39, 0.29) is 0 Å². The van der Waals surface area contributed by atoms with Crippen LogP contribution in [0.5, 0.6) is 0 Å². The number of nitrogens with two attached hydrogens (primary N) is 2. The molecule has 15 nitrogen and oxygen atoms in total. The minimum atomic E-state index is 0.719. The first-order chi connectivity index (χ1) is 22.1.